The van der Waals surface area contributed by atoms with Crippen LogP contribution in [-0.4, -0.2) is 45.7 Å². The van der Waals surface area contributed by atoms with E-state index in [4.69, 9.17) is 9.26 Å². The van der Waals surface area contributed by atoms with Gasteiger partial charge in [-0.3, -0.25) is 4.79 Å². The Hall–Kier alpha value is -2.74. The third-order valence-electron chi connectivity index (χ3n) is 5.04. The first kappa shape index (κ1) is 18.6. The maximum atomic E-state index is 12.8. The summed E-state index contributed by atoms with van der Waals surface area (Å²) in [5.41, 5.74) is 2.72. The maximum absolute atomic E-state index is 12.8. The van der Waals surface area contributed by atoms with Crippen LogP contribution in [0.15, 0.2) is 34.9 Å². The van der Waals surface area contributed by atoms with Crippen molar-refractivity contribution in [3.8, 4) is 16.4 Å². The Morgan fingerprint density at radius 2 is 2.18 bits per heavy atom. The van der Waals surface area contributed by atoms with Crippen LogP contribution in [0.1, 0.15) is 35.7 Å². The number of carbonyl (C=O) groups excluding carboxylic acids is 1. The van der Waals surface area contributed by atoms with Gasteiger partial charge < -0.3 is 14.2 Å². The lowest BCUT2D eigenvalue weighted by molar-refractivity contribution is -0.131. The van der Waals surface area contributed by atoms with E-state index in [-0.39, 0.29) is 11.8 Å². The van der Waals surface area contributed by atoms with Gasteiger partial charge in [-0.1, -0.05) is 21.8 Å². The number of nitrogens with zero attached hydrogens (tertiary/aromatic N) is 4. The molecule has 2 aromatic heterocycles. The van der Waals surface area contributed by atoms with Crippen LogP contribution in [0.25, 0.3) is 10.6 Å². The molecule has 0 N–H and O–H groups in total. The van der Waals surface area contributed by atoms with E-state index in [1.165, 1.54) is 11.5 Å². The Morgan fingerprint density at radius 3 is 2.89 bits per heavy atom. The zero-order valence-electron chi connectivity index (χ0n) is 15.9. The van der Waals surface area contributed by atoms with E-state index in [0.717, 1.165) is 47.0 Å². The predicted molar refractivity (Wildman–Crippen MR) is 105 cm³/mol. The topological polar surface area (TPSA) is 81.4 Å². The lowest BCUT2D eigenvalue weighted by atomic mass is 9.93. The summed E-state index contributed by atoms with van der Waals surface area (Å²) in [4.78, 5) is 15.7. The highest BCUT2D eigenvalue weighted by molar-refractivity contribution is 7.09. The number of hydrogen-bond donors (Lipinski definition) is 0. The fraction of sp³-hybridized carbons (Fsp3) is 0.400. The van der Waals surface area contributed by atoms with Crippen molar-refractivity contribution in [2.24, 2.45) is 0 Å². The molecule has 0 aliphatic carbocycles. The number of piperidine rings is 1. The molecule has 146 valence electrons. The number of rotatable bonds is 5. The smallest absolute Gasteiger partial charge is 0.227 e. The standard InChI is InChI=1S/C20H22N4O3S/c1-13-10-17(27-22-13)20-19(21-23-28-20)15-4-3-9-24(12-15)18(25)11-14-5-7-16(26-2)8-6-14/h5-8,10,15H,3-4,9,11-12H2,1-2H3/t15-/m1/s1. The number of hydrogen-bond acceptors (Lipinski definition) is 7. The zero-order chi connectivity index (χ0) is 19.5. The van der Waals surface area contributed by atoms with Gasteiger partial charge in [-0.15, -0.1) is 5.10 Å². The van der Waals surface area contributed by atoms with E-state index in [1.54, 1.807) is 7.11 Å². The minimum absolute atomic E-state index is 0.134. The monoisotopic (exact) mass is 398 g/mol. The van der Waals surface area contributed by atoms with Gasteiger partial charge in [-0.2, -0.15) is 0 Å². The lowest BCUT2D eigenvalue weighted by Gasteiger charge is -2.32. The molecule has 0 spiro atoms. The lowest BCUT2D eigenvalue weighted by Crippen LogP contribution is -2.40. The van der Waals surface area contributed by atoms with Gasteiger partial charge in [0.05, 0.1) is 24.9 Å². The average Bonchev–Trinajstić information content (AvgIpc) is 3.37. The van der Waals surface area contributed by atoms with Crippen LogP contribution in [0.3, 0.4) is 0 Å². The van der Waals surface area contributed by atoms with Crippen LogP contribution in [0.4, 0.5) is 0 Å². The van der Waals surface area contributed by atoms with E-state index < -0.39 is 0 Å². The van der Waals surface area contributed by atoms with Crippen molar-refractivity contribution in [1.29, 1.82) is 0 Å². The van der Waals surface area contributed by atoms with Crippen LogP contribution in [0.2, 0.25) is 0 Å². The van der Waals surface area contributed by atoms with E-state index in [2.05, 4.69) is 14.7 Å². The molecular weight excluding hydrogens is 376 g/mol. The van der Waals surface area contributed by atoms with Crippen LogP contribution in [0, 0.1) is 6.92 Å². The largest absolute Gasteiger partial charge is 0.497 e. The van der Waals surface area contributed by atoms with Crippen molar-refractivity contribution in [3.05, 3.63) is 47.3 Å². The second-order valence-electron chi connectivity index (χ2n) is 7.02. The Kier molecular flexibility index (Phi) is 5.38. The first-order chi connectivity index (χ1) is 13.6. The summed E-state index contributed by atoms with van der Waals surface area (Å²) in [7, 11) is 1.63. The molecule has 1 amide bonds. The highest BCUT2D eigenvalue weighted by Gasteiger charge is 2.29. The summed E-state index contributed by atoms with van der Waals surface area (Å²) < 4.78 is 14.7. The molecule has 3 heterocycles. The van der Waals surface area contributed by atoms with Crippen LogP contribution in [0.5, 0.6) is 5.75 Å². The van der Waals surface area contributed by atoms with E-state index >= 15 is 0 Å². The summed E-state index contributed by atoms with van der Waals surface area (Å²) in [5, 5.41) is 8.32. The highest BCUT2D eigenvalue weighted by Crippen LogP contribution is 2.35. The molecule has 8 heteroatoms. The van der Waals surface area contributed by atoms with Gasteiger partial charge in [-0.25, -0.2) is 0 Å². The number of carbonyl (C=O) groups is 1. The van der Waals surface area contributed by atoms with Gasteiger partial charge in [0.25, 0.3) is 0 Å². The van der Waals surface area contributed by atoms with Crippen molar-refractivity contribution < 1.29 is 14.1 Å². The molecule has 0 radical (unpaired) electrons. The number of likely N-dealkylation sites (tertiary alicyclic amines) is 1. The third-order valence-corrected chi connectivity index (χ3v) is 5.80. The van der Waals surface area contributed by atoms with Crippen LogP contribution >= 0.6 is 11.5 Å². The molecule has 1 aliphatic heterocycles. The summed E-state index contributed by atoms with van der Waals surface area (Å²) in [6.45, 7) is 3.32. The minimum atomic E-state index is 0.134. The predicted octanol–water partition coefficient (Wildman–Crippen LogP) is 3.46. The molecule has 1 saturated heterocycles. The molecule has 1 fully saturated rings. The molecule has 28 heavy (non-hydrogen) atoms. The molecular formula is C20H22N4O3S. The number of aryl methyl sites for hydroxylation is 1. The number of benzene rings is 1. The Bertz CT molecular complexity index is 951. The number of methoxy groups -OCH3 is 1. The van der Waals surface area contributed by atoms with Gasteiger partial charge in [0.15, 0.2) is 5.76 Å². The molecule has 0 bridgehead atoms. The number of amides is 1. The van der Waals surface area contributed by atoms with Crippen molar-refractivity contribution >= 4 is 17.4 Å². The first-order valence-corrected chi connectivity index (χ1v) is 10.1. The second-order valence-corrected chi connectivity index (χ2v) is 7.78. The molecule has 0 unspecified atom stereocenters. The molecule has 1 aliphatic rings. The summed E-state index contributed by atoms with van der Waals surface area (Å²) in [5.74, 6) is 1.78. The zero-order valence-corrected chi connectivity index (χ0v) is 16.7. The van der Waals surface area contributed by atoms with Gasteiger partial charge >= 0.3 is 0 Å². The van der Waals surface area contributed by atoms with E-state index in [0.29, 0.717) is 18.7 Å². The normalized spacial score (nSPS) is 16.9. The van der Waals surface area contributed by atoms with E-state index in [9.17, 15) is 4.79 Å². The molecule has 7 nitrogen and oxygen atoms in total. The summed E-state index contributed by atoms with van der Waals surface area (Å²) in [6, 6.07) is 9.54. The van der Waals surface area contributed by atoms with Gasteiger partial charge in [0.1, 0.15) is 10.6 Å². The average molecular weight is 398 g/mol. The van der Waals surface area contributed by atoms with Crippen LogP contribution in [-0.2, 0) is 11.2 Å². The molecule has 3 aromatic rings. The van der Waals surface area contributed by atoms with Crippen LogP contribution < -0.4 is 4.74 Å². The maximum Gasteiger partial charge on any atom is 0.227 e. The molecule has 4 rings (SSSR count). The van der Waals surface area contributed by atoms with Crippen molar-refractivity contribution in [2.75, 3.05) is 20.2 Å². The quantitative estimate of drug-likeness (QED) is 0.655. The Morgan fingerprint density at radius 1 is 1.36 bits per heavy atom. The van der Waals surface area contributed by atoms with Gasteiger partial charge in [0.2, 0.25) is 5.91 Å². The Labute approximate surface area is 167 Å². The summed E-state index contributed by atoms with van der Waals surface area (Å²) >= 11 is 1.32. The number of aromatic nitrogens is 3. The molecule has 1 atom stereocenters. The fourth-order valence-electron chi connectivity index (χ4n) is 3.56. The van der Waals surface area contributed by atoms with Crippen molar-refractivity contribution in [1.82, 2.24) is 19.6 Å². The third kappa shape index (κ3) is 3.91. The van der Waals surface area contributed by atoms with Crippen molar-refractivity contribution in [3.63, 3.8) is 0 Å². The molecule has 1 aromatic carbocycles. The minimum Gasteiger partial charge on any atom is -0.497 e. The first-order valence-electron chi connectivity index (χ1n) is 9.30. The molecule has 0 saturated carbocycles. The Balaban J connectivity index is 1.46. The second kappa shape index (κ2) is 8.10. The number of ether oxygens (including phenoxy) is 1. The SMILES string of the molecule is COc1ccc(CC(=O)N2CCC[C@@H](c3nnsc3-c3cc(C)no3)C2)cc1. The van der Waals surface area contributed by atoms with E-state index in [1.807, 2.05) is 42.2 Å². The van der Waals surface area contributed by atoms with Gasteiger partial charge in [0, 0.05) is 25.1 Å². The fourth-order valence-corrected chi connectivity index (χ4v) is 4.26. The van der Waals surface area contributed by atoms with Gasteiger partial charge in [-0.05, 0) is 49.0 Å². The summed E-state index contributed by atoms with van der Waals surface area (Å²) in [6.07, 6.45) is 2.32. The highest BCUT2D eigenvalue weighted by atomic mass is 32.1. The van der Waals surface area contributed by atoms with Crippen molar-refractivity contribution in [2.45, 2.75) is 32.1 Å².